The summed E-state index contributed by atoms with van der Waals surface area (Å²) in [6, 6.07) is 5.20. The summed E-state index contributed by atoms with van der Waals surface area (Å²) in [6.45, 7) is 0.556. The highest BCUT2D eigenvalue weighted by molar-refractivity contribution is 6.35. The van der Waals surface area contributed by atoms with E-state index in [4.69, 9.17) is 34.7 Å². The Labute approximate surface area is 100.0 Å². The van der Waals surface area contributed by atoms with Crippen molar-refractivity contribution in [1.29, 1.82) is 0 Å². The molecule has 2 nitrogen and oxygen atoms in total. The number of hydrogen-bond donors (Lipinski definition) is 2. The van der Waals surface area contributed by atoms with Gasteiger partial charge in [-0.15, -0.1) is 12.4 Å². The molecule has 0 amide bonds. The minimum absolute atomic E-state index is 0. The first-order chi connectivity index (χ1) is 6.15. The largest absolute Gasteiger partial charge is 0.330 e. The molecule has 1 atom stereocenters. The van der Waals surface area contributed by atoms with E-state index in [0.29, 0.717) is 16.6 Å². The van der Waals surface area contributed by atoms with Crippen LogP contribution in [0, 0.1) is 0 Å². The monoisotopic (exact) mass is 254 g/mol. The molecule has 0 aliphatic carbocycles. The van der Waals surface area contributed by atoms with E-state index in [0.717, 1.165) is 12.0 Å². The van der Waals surface area contributed by atoms with Crippen molar-refractivity contribution >= 4 is 35.6 Å². The van der Waals surface area contributed by atoms with Gasteiger partial charge >= 0.3 is 0 Å². The van der Waals surface area contributed by atoms with Gasteiger partial charge in [0.1, 0.15) is 0 Å². The van der Waals surface area contributed by atoms with E-state index in [9.17, 15) is 0 Å². The fraction of sp³-hybridized carbons (Fsp3) is 0.333. The van der Waals surface area contributed by atoms with Crippen LogP contribution in [0.15, 0.2) is 18.2 Å². The summed E-state index contributed by atoms with van der Waals surface area (Å²) in [5.41, 5.74) is 12.1. The van der Waals surface area contributed by atoms with E-state index in [2.05, 4.69) is 0 Å². The van der Waals surface area contributed by atoms with Gasteiger partial charge in [0.2, 0.25) is 0 Å². The maximum absolute atomic E-state index is 5.95. The first-order valence-corrected chi connectivity index (χ1v) is 4.81. The van der Waals surface area contributed by atoms with Crippen molar-refractivity contribution in [1.82, 2.24) is 0 Å². The van der Waals surface area contributed by atoms with Crippen molar-refractivity contribution in [3.05, 3.63) is 33.8 Å². The zero-order valence-corrected chi connectivity index (χ0v) is 9.87. The van der Waals surface area contributed by atoms with Crippen LogP contribution < -0.4 is 11.5 Å². The van der Waals surface area contributed by atoms with Gasteiger partial charge in [-0.2, -0.15) is 0 Å². The summed E-state index contributed by atoms with van der Waals surface area (Å²) < 4.78 is 0. The van der Waals surface area contributed by atoms with Crippen molar-refractivity contribution in [2.24, 2.45) is 11.5 Å². The SMILES string of the molecule is Cl.NCC[C@H](N)c1ccc(Cl)cc1Cl. The van der Waals surface area contributed by atoms with Gasteiger partial charge in [0.25, 0.3) is 0 Å². The Balaban J connectivity index is 0.00000169. The Morgan fingerprint density at radius 3 is 2.43 bits per heavy atom. The molecule has 0 spiro atoms. The predicted molar refractivity (Wildman–Crippen MR) is 64.3 cm³/mol. The van der Waals surface area contributed by atoms with E-state index in [1.54, 1.807) is 12.1 Å². The third-order valence-corrected chi connectivity index (χ3v) is 2.40. The minimum atomic E-state index is -0.102. The van der Waals surface area contributed by atoms with Gasteiger partial charge in [-0.05, 0) is 30.7 Å². The summed E-state index contributed by atoms with van der Waals surface area (Å²) in [6.07, 6.45) is 0.724. The van der Waals surface area contributed by atoms with Gasteiger partial charge in [-0.25, -0.2) is 0 Å². The van der Waals surface area contributed by atoms with Crippen LogP contribution in [0.5, 0.6) is 0 Å². The average molecular weight is 256 g/mol. The molecule has 1 aromatic carbocycles. The second-order valence-corrected chi connectivity index (χ2v) is 3.69. The average Bonchev–Trinajstić information content (AvgIpc) is 2.04. The molecule has 4 N–H and O–H groups in total. The normalized spacial score (nSPS) is 12.0. The first-order valence-electron chi connectivity index (χ1n) is 4.05. The van der Waals surface area contributed by atoms with Gasteiger partial charge in [0, 0.05) is 16.1 Å². The Kier molecular flexibility index (Phi) is 6.49. The van der Waals surface area contributed by atoms with Crippen LogP contribution in [0.25, 0.3) is 0 Å². The van der Waals surface area contributed by atoms with Crippen LogP contribution in [0.3, 0.4) is 0 Å². The molecular formula is C9H13Cl3N2. The lowest BCUT2D eigenvalue weighted by Crippen LogP contribution is -2.15. The predicted octanol–water partition coefficient (Wildman–Crippen LogP) is 2.76. The van der Waals surface area contributed by atoms with E-state index in [-0.39, 0.29) is 18.4 Å². The topological polar surface area (TPSA) is 52.0 Å². The Morgan fingerprint density at radius 1 is 1.29 bits per heavy atom. The highest BCUT2D eigenvalue weighted by atomic mass is 35.5. The second kappa shape index (κ2) is 6.49. The molecule has 5 heteroatoms. The van der Waals surface area contributed by atoms with Gasteiger partial charge < -0.3 is 11.5 Å². The minimum Gasteiger partial charge on any atom is -0.330 e. The molecule has 0 aliphatic rings. The maximum atomic E-state index is 5.95. The lowest BCUT2D eigenvalue weighted by molar-refractivity contribution is 0.661. The van der Waals surface area contributed by atoms with Gasteiger partial charge in [0.15, 0.2) is 0 Å². The third-order valence-electron chi connectivity index (χ3n) is 1.84. The van der Waals surface area contributed by atoms with Crippen LogP contribution in [-0.4, -0.2) is 6.54 Å². The molecule has 80 valence electrons. The Morgan fingerprint density at radius 2 is 1.93 bits per heavy atom. The van der Waals surface area contributed by atoms with Crippen LogP contribution in [0.4, 0.5) is 0 Å². The molecule has 0 radical (unpaired) electrons. The summed E-state index contributed by atoms with van der Waals surface area (Å²) >= 11 is 11.7. The van der Waals surface area contributed by atoms with Gasteiger partial charge in [0.05, 0.1) is 0 Å². The number of halogens is 3. The van der Waals surface area contributed by atoms with Crippen molar-refractivity contribution in [3.63, 3.8) is 0 Å². The zero-order valence-electron chi connectivity index (χ0n) is 7.54. The molecule has 0 fully saturated rings. The van der Waals surface area contributed by atoms with Crippen molar-refractivity contribution in [3.8, 4) is 0 Å². The van der Waals surface area contributed by atoms with Crippen molar-refractivity contribution < 1.29 is 0 Å². The maximum Gasteiger partial charge on any atom is 0.0468 e. The second-order valence-electron chi connectivity index (χ2n) is 2.85. The van der Waals surface area contributed by atoms with Crippen LogP contribution in [-0.2, 0) is 0 Å². The molecule has 0 bridgehead atoms. The molecule has 0 saturated carbocycles. The lowest BCUT2D eigenvalue weighted by Gasteiger charge is -2.12. The Hall–Kier alpha value is 0.01000. The first kappa shape index (κ1) is 14.0. The molecule has 0 aromatic heterocycles. The molecular weight excluding hydrogens is 242 g/mol. The molecule has 14 heavy (non-hydrogen) atoms. The molecule has 1 rings (SSSR count). The number of nitrogens with two attached hydrogens (primary N) is 2. The highest BCUT2D eigenvalue weighted by Crippen LogP contribution is 2.26. The van der Waals surface area contributed by atoms with Crippen LogP contribution in [0.1, 0.15) is 18.0 Å². The fourth-order valence-electron chi connectivity index (χ4n) is 1.14. The number of rotatable bonds is 3. The lowest BCUT2D eigenvalue weighted by atomic mass is 10.1. The highest BCUT2D eigenvalue weighted by Gasteiger charge is 2.08. The summed E-state index contributed by atoms with van der Waals surface area (Å²) in [5.74, 6) is 0. The van der Waals surface area contributed by atoms with Crippen molar-refractivity contribution in [2.45, 2.75) is 12.5 Å². The Bertz CT molecular complexity index is 291. The third kappa shape index (κ3) is 3.64. The van der Waals surface area contributed by atoms with Crippen LogP contribution >= 0.6 is 35.6 Å². The fourth-order valence-corrected chi connectivity index (χ4v) is 1.69. The smallest absolute Gasteiger partial charge is 0.0468 e. The number of benzene rings is 1. The van der Waals surface area contributed by atoms with Crippen molar-refractivity contribution in [2.75, 3.05) is 6.54 Å². The van der Waals surface area contributed by atoms with Gasteiger partial charge in [-0.1, -0.05) is 29.3 Å². The van der Waals surface area contributed by atoms with E-state index in [1.165, 1.54) is 0 Å². The standard InChI is InChI=1S/C9H12Cl2N2.ClH/c10-6-1-2-7(8(11)5-6)9(13)3-4-12;/h1-2,5,9H,3-4,12-13H2;1H/t9-;/m0./s1. The van der Waals surface area contributed by atoms with Crippen LogP contribution in [0.2, 0.25) is 10.0 Å². The van der Waals surface area contributed by atoms with E-state index in [1.807, 2.05) is 6.07 Å². The molecule has 0 aliphatic heterocycles. The summed E-state index contributed by atoms with van der Waals surface area (Å²) in [7, 11) is 0. The van der Waals surface area contributed by atoms with E-state index >= 15 is 0 Å². The van der Waals surface area contributed by atoms with E-state index < -0.39 is 0 Å². The summed E-state index contributed by atoms with van der Waals surface area (Å²) in [4.78, 5) is 0. The molecule has 0 saturated heterocycles. The molecule has 0 unspecified atom stereocenters. The number of hydrogen-bond acceptors (Lipinski definition) is 2. The summed E-state index contributed by atoms with van der Waals surface area (Å²) in [5, 5.41) is 1.22. The molecule has 1 aromatic rings. The van der Waals surface area contributed by atoms with Gasteiger partial charge in [-0.3, -0.25) is 0 Å². The quantitative estimate of drug-likeness (QED) is 0.873. The zero-order chi connectivity index (χ0) is 9.84. The molecule has 0 heterocycles.